The van der Waals surface area contributed by atoms with Crippen molar-refractivity contribution in [1.82, 2.24) is 15.2 Å². The Bertz CT molecular complexity index is 876. The van der Waals surface area contributed by atoms with Gasteiger partial charge in [0.25, 0.3) is 5.91 Å². The number of thioether (sulfide) groups is 1. The third kappa shape index (κ3) is 3.86. The Hall–Kier alpha value is -1.89. The third-order valence-corrected chi connectivity index (χ3v) is 5.85. The van der Waals surface area contributed by atoms with Crippen LogP contribution in [0.25, 0.3) is 10.1 Å². The van der Waals surface area contributed by atoms with Gasteiger partial charge < -0.3 is 10.2 Å². The summed E-state index contributed by atoms with van der Waals surface area (Å²) < 4.78 is 1.27. The largest absolute Gasteiger partial charge is 0.350 e. The van der Waals surface area contributed by atoms with Crippen molar-refractivity contribution in [3.63, 3.8) is 0 Å². The van der Waals surface area contributed by atoms with Crippen molar-refractivity contribution in [2.75, 3.05) is 26.9 Å². The summed E-state index contributed by atoms with van der Waals surface area (Å²) in [5, 5.41) is 7.28. The summed E-state index contributed by atoms with van der Waals surface area (Å²) in [4.78, 5) is 19.0. The summed E-state index contributed by atoms with van der Waals surface area (Å²) >= 11 is 3.23. The van der Waals surface area contributed by atoms with Crippen LogP contribution in [-0.2, 0) is 0 Å². The van der Waals surface area contributed by atoms with E-state index in [1.165, 1.54) is 27.4 Å². The molecule has 1 unspecified atom stereocenters. The van der Waals surface area contributed by atoms with Crippen LogP contribution in [0.3, 0.4) is 0 Å². The maximum absolute atomic E-state index is 12.6. The van der Waals surface area contributed by atoms with Crippen molar-refractivity contribution in [3.05, 3.63) is 59.1 Å². The molecule has 25 heavy (non-hydrogen) atoms. The van der Waals surface area contributed by atoms with Gasteiger partial charge in [0, 0.05) is 17.4 Å². The van der Waals surface area contributed by atoms with Gasteiger partial charge in [0.2, 0.25) is 0 Å². The molecule has 0 aliphatic rings. The van der Waals surface area contributed by atoms with Gasteiger partial charge in [-0.2, -0.15) is 0 Å². The number of nitrogens with one attached hydrogen (secondary N) is 1. The number of hydrogen-bond acceptors (Lipinski definition) is 5. The second-order valence-corrected chi connectivity index (χ2v) is 7.64. The van der Waals surface area contributed by atoms with Gasteiger partial charge in [0.05, 0.1) is 11.6 Å². The lowest BCUT2D eigenvalue weighted by atomic mass is 10.0. The average molecular weight is 372 g/mol. The highest BCUT2D eigenvalue weighted by Crippen LogP contribution is 2.32. The normalized spacial score (nSPS) is 12.5. The number of amides is 1. The van der Waals surface area contributed by atoms with Gasteiger partial charge in [-0.05, 0) is 54.9 Å². The third-order valence-electron chi connectivity index (χ3n) is 4.16. The molecule has 3 aromatic rings. The fraction of sp³-hybridized carbons (Fsp3) is 0.263. The number of rotatable bonds is 6. The van der Waals surface area contributed by atoms with Crippen LogP contribution in [0.2, 0.25) is 0 Å². The number of carbonyl (C=O) groups excluding carboxylic acids is 1. The first kappa shape index (κ1) is 17.9. The van der Waals surface area contributed by atoms with Gasteiger partial charge in [-0.15, -0.1) is 23.1 Å². The number of hydrogen-bond donors (Lipinski definition) is 1. The minimum Gasteiger partial charge on any atom is -0.350 e. The highest BCUT2D eigenvalue weighted by molar-refractivity contribution is 7.98. The predicted octanol–water partition coefficient (Wildman–Crippen LogP) is 4.05. The summed E-state index contributed by atoms with van der Waals surface area (Å²) in [6.07, 6.45) is 3.64. The van der Waals surface area contributed by atoms with E-state index in [4.69, 9.17) is 0 Å². The summed E-state index contributed by atoms with van der Waals surface area (Å²) in [5.41, 5.74) is 1.88. The molecule has 0 fully saturated rings. The maximum atomic E-state index is 12.6. The van der Waals surface area contributed by atoms with Crippen LogP contribution in [0.5, 0.6) is 0 Å². The topological polar surface area (TPSA) is 45.2 Å². The number of thiophene rings is 1. The first-order valence-corrected chi connectivity index (χ1v) is 10.1. The van der Waals surface area contributed by atoms with Crippen LogP contribution in [0.4, 0.5) is 0 Å². The lowest BCUT2D eigenvalue weighted by Gasteiger charge is -2.24. The zero-order valence-corrected chi connectivity index (χ0v) is 16.2. The molecule has 6 heteroatoms. The molecule has 0 aliphatic heterocycles. The number of fused-ring (bicyclic) bond motifs is 1. The number of carbonyl (C=O) groups is 1. The monoisotopic (exact) mass is 371 g/mol. The van der Waals surface area contributed by atoms with Crippen LogP contribution in [0.1, 0.15) is 22.0 Å². The summed E-state index contributed by atoms with van der Waals surface area (Å²) in [5.74, 6) is -0.0798. The smallest absolute Gasteiger partial charge is 0.254 e. The van der Waals surface area contributed by atoms with Gasteiger partial charge in [0.15, 0.2) is 0 Å². The minimum absolute atomic E-state index is 0.0798. The molecule has 3 rings (SSSR count). The number of aromatic nitrogens is 1. The number of pyridine rings is 1. The Balaban J connectivity index is 1.80. The average Bonchev–Trinajstić information content (AvgIpc) is 3.05. The number of nitrogens with zero attached hydrogens (tertiary/aromatic N) is 2. The molecule has 1 atom stereocenters. The van der Waals surface area contributed by atoms with E-state index in [1.807, 2.05) is 26.4 Å². The van der Waals surface area contributed by atoms with Crippen LogP contribution in [0.15, 0.2) is 53.0 Å². The molecule has 1 aromatic carbocycles. The molecule has 4 nitrogen and oxygen atoms in total. The molecule has 130 valence electrons. The summed E-state index contributed by atoms with van der Waals surface area (Å²) in [7, 11) is 4.08. The predicted molar refractivity (Wildman–Crippen MR) is 107 cm³/mol. The van der Waals surface area contributed by atoms with E-state index in [9.17, 15) is 4.79 Å². The van der Waals surface area contributed by atoms with E-state index in [0.29, 0.717) is 12.1 Å². The molecule has 0 radical (unpaired) electrons. The molecule has 0 bridgehead atoms. The van der Waals surface area contributed by atoms with E-state index in [1.54, 1.807) is 23.6 Å². The van der Waals surface area contributed by atoms with Crippen molar-refractivity contribution >= 4 is 39.1 Å². The number of likely N-dealkylation sites (N-methyl/N-ethyl adjacent to an activating group) is 1. The zero-order chi connectivity index (χ0) is 17.8. The Kier molecular flexibility index (Phi) is 5.73. The standard InChI is InChI=1S/C19H21N3OS2/c1-22(2)16(15-12-25-17-9-5-4-7-13(15)17)11-21-18(23)14-8-6-10-20-19(14)24-3/h4-10,12,16H,11H2,1-3H3,(H,21,23). The molecule has 1 amide bonds. The maximum Gasteiger partial charge on any atom is 0.254 e. The van der Waals surface area contributed by atoms with E-state index in [-0.39, 0.29) is 11.9 Å². The van der Waals surface area contributed by atoms with Crippen molar-refractivity contribution in [2.45, 2.75) is 11.1 Å². The first-order valence-electron chi connectivity index (χ1n) is 8.01. The van der Waals surface area contributed by atoms with Gasteiger partial charge in [-0.25, -0.2) is 4.98 Å². The summed E-state index contributed by atoms with van der Waals surface area (Å²) in [6, 6.07) is 12.1. The first-order chi connectivity index (χ1) is 12.1. The van der Waals surface area contributed by atoms with Crippen LogP contribution >= 0.6 is 23.1 Å². The van der Waals surface area contributed by atoms with Crippen molar-refractivity contribution in [3.8, 4) is 0 Å². The van der Waals surface area contributed by atoms with E-state index in [2.05, 4.69) is 44.8 Å². The zero-order valence-electron chi connectivity index (χ0n) is 14.5. The Labute approximate surface area is 156 Å². The molecular weight excluding hydrogens is 350 g/mol. The van der Waals surface area contributed by atoms with Crippen LogP contribution in [0, 0.1) is 0 Å². The molecule has 0 saturated carbocycles. The minimum atomic E-state index is -0.0798. The quantitative estimate of drug-likeness (QED) is 0.664. The lowest BCUT2D eigenvalue weighted by molar-refractivity contribution is 0.0938. The van der Waals surface area contributed by atoms with Gasteiger partial charge in [-0.1, -0.05) is 18.2 Å². The van der Waals surface area contributed by atoms with Gasteiger partial charge >= 0.3 is 0 Å². The molecule has 0 saturated heterocycles. The van der Waals surface area contributed by atoms with E-state index in [0.717, 1.165) is 5.03 Å². The molecule has 2 aromatic heterocycles. The fourth-order valence-electron chi connectivity index (χ4n) is 2.84. The molecule has 1 N–H and O–H groups in total. The van der Waals surface area contributed by atoms with E-state index >= 15 is 0 Å². The second kappa shape index (κ2) is 7.99. The van der Waals surface area contributed by atoms with Crippen LogP contribution in [-0.4, -0.2) is 42.7 Å². The highest BCUT2D eigenvalue weighted by Gasteiger charge is 2.20. The molecule has 2 heterocycles. The van der Waals surface area contributed by atoms with Gasteiger partial charge in [0.1, 0.15) is 5.03 Å². The SMILES string of the molecule is CSc1ncccc1C(=O)NCC(c1csc2ccccc12)N(C)C. The highest BCUT2D eigenvalue weighted by atomic mass is 32.2. The fourth-order valence-corrected chi connectivity index (χ4v) is 4.39. The van der Waals surface area contributed by atoms with E-state index < -0.39 is 0 Å². The molecular formula is C19H21N3OS2. The Morgan fingerprint density at radius 2 is 2.08 bits per heavy atom. The number of benzene rings is 1. The van der Waals surface area contributed by atoms with Crippen molar-refractivity contribution in [2.24, 2.45) is 0 Å². The second-order valence-electron chi connectivity index (χ2n) is 5.94. The van der Waals surface area contributed by atoms with Crippen molar-refractivity contribution < 1.29 is 4.79 Å². The molecule has 0 aliphatic carbocycles. The van der Waals surface area contributed by atoms with Gasteiger partial charge in [-0.3, -0.25) is 4.79 Å². The van der Waals surface area contributed by atoms with Crippen molar-refractivity contribution in [1.29, 1.82) is 0 Å². The lowest BCUT2D eigenvalue weighted by Crippen LogP contribution is -2.34. The summed E-state index contributed by atoms with van der Waals surface area (Å²) in [6.45, 7) is 0.551. The van der Waals surface area contributed by atoms with Crippen LogP contribution < -0.4 is 5.32 Å². The Morgan fingerprint density at radius 1 is 1.28 bits per heavy atom. The molecule has 0 spiro atoms. The Morgan fingerprint density at radius 3 is 2.84 bits per heavy atom.